The lowest BCUT2D eigenvalue weighted by Gasteiger charge is -2.31. The molecule has 9 heteroatoms. The van der Waals surface area contributed by atoms with Gasteiger partial charge in [-0.15, -0.1) is 0 Å². The van der Waals surface area contributed by atoms with Gasteiger partial charge in [0, 0.05) is 19.0 Å². The molecule has 1 aliphatic rings. The average molecular weight is 335 g/mol. The summed E-state index contributed by atoms with van der Waals surface area (Å²) in [5.41, 5.74) is 0. The van der Waals surface area contributed by atoms with Gasteiger partial charge in [-0.05, 0) is 18.5 Å². The molecule has 1 amide bonds. The molecule has 2 aromatic heterocycles. The van der Waals surface area contributed by atoms with Crippen molar-refractivity contribution in [3.63, 3.8) is 0 Å². The third-order valence-corrected chi connectivity index (χ3v) is 3.69. The third-order valence-electron chi connectivity index (χ3n) is 3.69. The number of hydrogen-bond acceptors (Lipinski definition) is 7. The van der Waals surface area contributed by atoms with E-state index >= 15 is 0 Å². The van der Waals surface area contributed by atoms with E-state index in [1.54, 1.807) is 17.9 Å². The largest absolute Gasteiger partial charge is 0.465 e. The van der Waals surface area contributed by atoms with Crippen LogP contribution in [-0.4, -0.2) is 57.4 Å². The molecule has 0 spiro atoms. The second-order valence-electron chi connectivity index (χ2n) is 5.65. The Hall–Kier alpha value is -2.42. The molecule has 1 N–H and O–H groups in total. The first kappa shape index (κ1) is 16.4. The number of aromatic nitrogens is 4. The van der Waals surface area contributed by atoms with Crippen molar-refractivity contribution >= 4 is 5.91 Å². The van der Waals surface area contributed by atoms with Gasteiger partial charge in [-0.3, -0.25) is 9.89 Å². The lowest BCUT2D eigenvalue weighted by Crippen LogP contribution is -2.44. The smallest absolute Gasteiger partial charge is 0.260 e. The Labute approximate surface area is 139 Å². The number of hydrogen-bond donors (Lipinski definition) is 1. The molecule has 0 radical (unpaired) electrons. The predicted octanol–water partition coefficient (Wildman–Crippen LogP) is 1.03. The van der Waals surface area contributed by atoms with E-state index in [0.717, 1.165) is 18.7 Å². The van der Waals surface area contributed by atoms with Crippen LogP contribution in [0.2, 0.25) is 0 Å². The van der Waals surface area contributed by atoms with Crippen LogP contribution in [-0.2, 0) is 16.0 Å². The molecule has 1 atom stereocenters. The number of aryl methyl sites for hydroxylation is 2. The van der Waals surface area contributed by atoms with Crippen molar-refractivity contribution in [1.29, 1.82) is 0 Å². The number of nitrogens with zero attached hydrogens (tertiary/aromatic N) is 4. The van der Waals surface area contributed by atoms with Gasteiger partial charge < -0.3 is 18.9 Å². The van der Waals surface area contributed by atoms with Crippen LogP contribution >= 0.6 is 0 Å². The van der Waals surface area contributed by atoms with Crippen molar-refractivity contribution in [1.82, 2.24) is 25.2 Å². The Morgan fingerprint density at radius 2 is 2.42 bits per heavy atom. The van der Waals surface area contributed by atoms with Crippen LogP contribution in [0.4, 0.5) is 0 Å². The predicted molar refractivity (Wildman–Crippen MR) is 82.4 cm³/mol. The van der Waals surface area contributed by atoms with Crippen molar-refractivity contribution in [3.05, 3.63) is 23.5 Å². The number of morpholine rings is 1. The second-order valence-corrected chi connectivity index (χ2v) is 5.65. The molecule has 0 aliphatic carbocycles. The zero-order valence-electron chi connectivity index (χ0n) is 13.8. The molecular weight excluding hydrogens is 314 g/mol. The molecule has 3 heterocycles. The van der Waals surface area contributed by atoms with Crippen LogP contribution in [0.15, 0.2) is 10.6 Å². The molecule has 3 rings (SSSR count). The van der Waals surface area contributed by atoms with E-state index in [9.17, 15) is 4.79 Å². The summed E-state index contributed by atoms with van der Waals surface area (Å²) in [7, 11) is 0. The third kappa shape index (κ3) is 3.91. The summed E-state index contributed by atoms with van der Waals surface area (Å²) in [5.74, 6) is 2.24. The van der Waals surface area contributed by atoms with Gasteiger partial charge in [-0.25, -0.2) is 4.98 Å². The van der Waals surface area contributed by atoms with E-state index < -0.39 is 0 Å². The average Bonchev–Trinajstić information content (AvgIpc) is 3.22. The first-order chi connectivity index (χ1) is 11.7. The van der Waals surface area contributed by atoms with E-state index in [1.165, 1.54) is 0 Å². The fourth-order valence-electron chi connectivity index (χ4n) is 2.47. The van der Waals surface area contributed by atoms with Gasteiger partial charge in [-0.1, -0.05) is 6.92 Å². The molecule has 1 saturated heterocycles. The van der Waals surface area contributed by atoms with Crippen molar-refractivity contribution in [2.24, 2.45) is 0 Å². The Morgan fingerprint density at radius 1 is 1.54 bits per heavy atom. The highest BCUT2D eigenvalue weighted by atomic mass is 16.5. The Morgan fingerprint density at radius 3 is 3.17 bits per heavy atom. The zero-order chi connectivity index (χ0) is 16.9. The first-order valence-corrected chi connectivity index (χ1v) is 8.02. The van der Waals surface area contributed by atoms with Crippen LogP contribution in [0.3, 0.4) is 0 Å². The molecule has 24 heavy (non-hydrogen) atoms. The van der Waals surface area contributed by atoms with Crippen molar-refractivity contribution in [2.45, 2.75) is 32.8 Å². The lowest BCUT2D eigenvalue weighted by atomic mass is 10.2. The zero-order valence-corrected chi connectivity index (χ0v) is 13.8. The second kappa shape index (κ2) is 7.43. The van der Waals surface area contributed by atoms with Gasteiger partial charge in [0.25, 0.3) is 11.8 Å². The van der Waals surface area contributed by atoms with Gasteiger partial charge in [0.2, 0.25) is 0 Å². The molecular formula is C15H21N5O4. The normalized spacial score (nSPS) is 17.9. The molecule has 0 bridgehead atoms. The molecule has 1 fully saturated rings. The fourth-order valence-corrected chi connectivity index (χ4v) is 2.47. The highest BCUT2D eigenvalue weighted by Crippen LogP contribution is 2.19. The summed E-state index contributed by atoms with van der Waals surface area (Å²) in [4.78, 5) is 18.4. The number of rotatable bonds is 6. The number of nitrogens with one attached hydrogen (secondary N) is 1. The molecule has 0 saturated carbocycles. The molecule has 2 aromatic rings. The molecule has 1 aliphatic heterocycles. The summed E-state index contributed by atoms with van der Waals surface area (Å²) >= 11 is 0. The molecule has 0 unspecified atom stereocenters. The minimum absolute atomic E-state index is 0.0895. The van der Waals surface area contributed by atoms with E-state index in [-0.39, 0.29) is 18.6 Å². The van der Waals surface area contributed by atoms with Gasteiger partial charge in [0.15, 0.2) is 12.4 Å². The number of carbonyl (C=O) groups excluding carboxylic acids is 1. The van der Waals surface area contributed by atoms with E-state index in [1.807, 2.05) is 0 Å². The SMILES string of the molecule is CCCc1nc([C@@H]2CN(C(=O)COc3cc(C)on3)CCO2)n[nH]1. The molecule has 0 aromatic carbocycles. The number of aromatic amines is 1. The number of carbonyl (C=O) groups is 1. The van der Waals surface area contributed by atoms with Crippen LogP contribution < -0.4 is 4.74 Å². The van der Waals surface area contributed by atoms with Crippen LogP contribution in [0.25, 0.3) is 0 Å². The minimum Gasteiger partial charge on any atom is -0.465 e. The Balaban J connectivity index is 1.54. The summed E-state index contributed by atoms with van der Waals surface area (Å²) in [6, 6.07) is 1.64. The number of ether oxygens (including phenoxy) is 2. The quantitative estimate of drug-likeness (QED) is 0.840. The van der Waals surface area contributed by atoms with Gasteiger partial charge in [-0.2, -0.15) is 5.10 Å². The maximum absolute atomic E-state index is 12.3. The van der Waals surface area contributed by atoms with Crippen molar-refractivity contribution in [3.8, 4) is 5.88 Å². The highest BCUT2D eigenvalue weighted by molar-refractivity contribution is 5.77. The Bertz CT molecular complexity index is 683. The van der Waals surface area contributed by atoms with Crippen molar-refractivity contribution < 1.29 is 18.8 Å². The van der Waals surface area contributed by atoms with Crippen LogP contribution in [0.1, 0.15) is 36.9 Å². The van der Waals surface area contributed by atoms with Crippen LogP contribution in [0.5, 0.6) is 5.88 Å². The standard InChI is InChI=1S/C15H21N5O4/c1-3-4-12-16-15(18-17-12)11-8-20(5-6-22-11)14(21)9-23-13-7-10(2)24-19-13/h7,11H,3-6,8-9H2,1-2H3,(H,16,17,18)/t11-/m0/s1. The summed E-state index contributed by atoms with van der Waals surface area (Å²) < 4.78 is 15.9. The summed E-state index contributed by atoms with van der Waals surface area (Å²) in [5, 5.41) is 10.8. The first-order valence-electron chi connectivity index (χ1n) is 8.02. The maximum Gasteiger partial charge on any atom is 0.260 e. The lowest BCUT2D eigenvalue weighted by molar-refractivity contribution is -0.141. The van der Waals surface area contributed by atoms with Gasteiger partial charge >= 0.3 is 0 Å². The van der Waals surface area contributed by atoms with Crippen molar-refractivity contribution in [2.75, 3.05) is 26.3 Å². The van der Waals surface area contributed by atoms with E-state index in [4.69, 9.17) is 14.0 Å². The Kier molecular flexibility index (Phi) is 5.09. The van der Waals surface area contributed by atoms with E-state index in [2.05, 4.69) is 27.3 Å². The van der Waals surface area contributed by atoms with Gasteiger partial charge in [0.1, 0.15) is 17.7 Å². The maximum atomic E-state index is 12.3. The molecule has 130 valence electrons. The summed E-state index contributed by atoms with van der Waals surface area (Å²) in [6.45, 7) is 5.12. The minimum atomic E-state index is -0.321. The number of amides is 1. The van der Waals surface area contributed by atoms with Gasteiger partial charge in [0.05, 0.1) is 13.2 Å². The fraction of sp³-hybridized carbons (Fsp3) is 0.600. The van der Waals surface area contributed by atoms with Crippen LogP contribution in [0, 0.1) is 6.92 Å². The monoisotopic (exact) mass is 335 g/mol. The molecule has 9 nitrogen and oxygen atoms in total. The number of H-pyrrole nitrogens is 1. The highest BCUT2D eigenvalue weighted by Gasteiger charge is 2.28. The summed E-state index contributed by atoms with van der Waals surface area (Å²) in [6.07, 6.45) is 1.51. The van der Waals surface area contributed by atoms with E-state index in [0.29, 0.717) is 37.2 Å². The topological polar surface area (TPSA) is 106 Å².